The van der Waals surface area contributed by atoms with Crippen molar-refractivity contribution in [2.45, 2.75) is 6.23 Å². The van der Waals surface area contributed by atoms with E-state index in [1.54, 1.807) is 19.2 Å². The Morgan fingerprint density at radius 2 is 1.63 bits per heavy atom. The number of anilines is 1. The fourth-order valence-electron chi connectivity index (χ4n) is 2.93. The van der Waals surface area contributed by atoms with Crippen LogP contribution in [0, 0.1) is 5.82 Å². The number of hydrogen-bond donors (Lipinski definition) is 0. The summed E-state index contributed by atoms with van der Waals surface area (Å²) in [5.41, 5.74) is 2.52. The quantitative estimate of drug-likeness (QED) is 0.607. The third-order valence-electron chi connectivity index (χ3n) is 4.31. The smallest absolute Gasteiger partial charge is 0.231 e. The van der Waals surface area contributed by atoms with Gasteiger partial charge in [0, 0.05) is 21.8 Å². The third kappa shape index (κ3) is 3.46. The summed E-state index contributed by atoms with van der Waals surface area (Å²) in [6.07, 6.45) is -0.461. The summed E-state index contributed by atoms with van der Waals surface area (Å²) in [7, 11) is 1.62. The molecular weight excluding hydrogens is 367 g/mol. The monoisotopic (exact) mass is 382 g/mol. The molecule has 0 N–H and O–H groups in total. The molecule has 0 bridgehead atoms. The summed E-state index contributed by atoms with van der Waals surface area (Å²) in [5, 5.41) is 4.91. The highest BCUT2D eigenvalue weighted by molar-refractivity contribution is 6.30. The maximum atomic E-state index is 13.3. The van der Waals surface area contributed by atoms with Crippen molar-refractivity contribution in [1.29, 1.82) is 0 Å². The Morgan fingerprint density at radius 1 is 0.963 bits per heavy atom. The van der Waals surface area contributed by atoms with Gasteiger partial charge in [0.05, 0.1) is 7.11 Å². The number of methoxy groups -OCH3 is 1. The van der Waals surface area contributed by atoms with Crippen LogP contribution in [0.5, 0.6) is 5.75 Å². The molecule has 3 aromatic carbocycles. The normalized spacial score (nSPS) is 16.0. The zero-order valence-corrected chi connectivity index (χ0v) is 15.2. The fourth-order valence-corrected chi connectivity index (χ4v) is 3.06. The number of ether oxygens (including phenoxy) is 1. The molecule has 0 aliphatic carbocycles. The van der Waals surface area contributed by atoms with E-state index >= 15 is 0 Å². The largest absolute Gasteiger partial charge is 0.497 e. The average Bonchev–Trinajstić information content (AvgIpc) is 3.14. The maximum Gasteiger partial charge on any atom is 0.231 e. The molecule has 136 valence electrons. The van der Waals surface area contributed by atoms with Crippen LogP contribution in [0.4, 0.5) is 10.1 Å². The van der Waals surface area contributed by atoms with Crippen molar-refractivity contribution in [2.24, 2.45) is 5.16 Å². The van der Waals surface area contributed by atoms with E-state index in [1.165, 1.54) is 12.1 Å². The minimum atomic E-state index is -0.461. The molecule has 1 aliphatic rings. The summed E-state index contributed by atoms with van der Waals surface area (Å²) in [6, 6.07) is 21.2. The van der Waals surface area contributed by atoms with Gasteiger partial charge in [-0.3, -0.25) is 4.90 Å². The van der Waals surface area contributed by atoms with Crippen LogP contribution < -0.4 is 9.64 Å². The van der Waals surface area contributed by atoms with Crippen molar-refractivity contribution in [3.8, 4) is 5.75 Å². The van der Waals surface area contributed by atoms with Crippen molar-refractivity contribution in [3.63, 3.8) is 0 Å². The number of amidine groups is 1. The second-order valence-corrected chi connectivity index (χ2v) is 6.44. The predicted octanol–water partition coefficient (Wildman–Crippen LogP) is 5.38. The van der Waals surface area contributed by atoms with Crippen LogP contribution in [0.15, 0.2) is 78.0 Å². The van der Waals surface area contributed by atoms with Crippen LogP contribution >= 0.6 is 11.6 Å². The van der Waals surface area contributed by atoms with Gasteiger partial charge in [0.25, 0.3) is 0 Å². The first kappa shape index (κ1) is 17.4. The van der Waals surface area contributed by atoms with Crippen LogP contribution in [0.3, 0.4) is 0 Å². The van der Waals surface area contributed by atoms with Gasteiger partial charge < -0.3 is 9.57 Å². The lowest BCUT2D eigenvalue weighted by atomic mass is 10.1. The second-order valence-electron chi connectivity index (χ2n) is 6.00. The van der Waals surface area contributed by atoms with Crippen LogP contribution in [-0.2, 0) is 4.84 Å². The van der Waals surface area contributed by atoms with E-state index in [9.17, 15) is 4.39 Å². The van der Waals surface area contributed by atoms with Gasteiger partial charge >= 0.3 is 0 Å². The fraction of sp³-hybridized carbons (Fsp3) is 0.0952. The standard InChI is InChI=1S/C21H16ClFN2O2/c1-26-19-12-4-15(5-13-19)21-25(18-10-6-16(22)7-11-18)20(24-27-21)14-2-8-17(23)9-3-14/h2-13,21H,1H3. The molecule has 0 saturated heterocycles. The minimum absolute atomic E-state index is 0.303. The number of halogens is 2. The van der Waals surface area contributed by atoms with Crippen LogP contribution in [0.25, 0.3) is 0 Å². The maximum absolute atomic E-state index is 13.3. The Hall–Kier alpha value is -3.05. The summed E-state index contributed by atoms with van der Waals surface area (Å²) in [6.45, 7) is 0. The first-order valence-corrected chi connectivity index (χ1v) is 8.72. The van der Waals surface area contributed by atoms with E-state index in [0.29, 0.717) is 10.9 Å². The van der Waals surface area contributed by atoms with E-state index in [4.69, 9.17) is 21.2 Å². The van der Waals surface area contributed by atoms with Crippen LogP contribution in [0.2, 0.25) is 5.02 Å². The molecule has 1 aliphatic heterocycles. The number of hydrogen-bond acceptors (Lipinski definition) is 4. The SMILES string of the molecule is COc1ccc(C2ON=C(c3ccc(F)cc3)N2c2ccc(Cl)cc2)cc1. The van der Waals surface area contributed by atoms with Crippen molar-refractivity contribution < 1.29 is 14.0 Å². The number of rotatable bonds is 4. The van der Waals surface area contributed by atoms with E-state index in [1.807, 2.05) is 53.4 Å². The first-order valence-electron chi connectivity index (χ1n) is 8.34. The Labute approximate surface area is 161 Å². The summed E-state index contributed by atoms with van der Waals surface area (Å²) >= 11 is 6.04. The van der Waals surface area contributed by atoms with Crippen molar-refractivity contribution in [1.82, 2.24) is 0 Å². The first-order chi connectivity index (χ1) is 13.2. The van der Waals surface area contributed by atoms with E-state index in [2.05, 4.69) is 5.16 Å². The van der Waals surface area contributed by atoms with E-state index in [0.717, 1.165) is 22.6 Å². The lowest BCUT2D eigenvalue weighted by Gasteiger charge is -2.26. The molecule has 1 heterocycles. The molecule has 0 fully saturated rings. The summed E-state index contributed by atoms with van der Waals surface area (Å²) in [5.74, 6) is 1.05. The number of oxime groups is 1. The molecule has 1 unspecified atom stereocenters. The highest BCUT2D eigenvalue weighted by Gasteiger charge is 2.33. The van der Waals surface area contributed by atoms with Gasteiger partial charge in [-0.25, -0.2) is 4.39 Å². The zero-order valence-electron chi connectivity index (χ0n) is 14.5. The van der Waals surface area contributed by atoms with E-state index in [-0.39, 0.29) is 5.82 Å². The molecule has 6 heteroatoms. The van der Waals surface area contributed by atoms with Gasteiger partial charge in [0.2, 0.25) is 6.23 Å². The average molecular weight is 383 g/mol. The molecule has 4 rings (SSSR count). The Bertz CT molecular complexity index is 957. The lowest BCUT2D eigenvalue weighted by Crippen LogP contribution is -2.31. The van der Waals surface area contributed by atoms with Gasteiger partial charge in [0.1, 0.15) is 11.6 Å². The molecule has 0 spiro atoms. The van der Waals surface area contributed by atoms with Crippen molar-refractivity contribution in [3.05, 3.63) is 94.8 Å². The minimum Gasteiger partial charge on any atom is -0.497 e. The Morgan fingerprint density at radius 3 is 2.26 bits per heavy atom. The second kappa shape index (κ2) is 7.29. The number of benzene rings is 3. The van der Waals surface area contributed by atoms with Crippen molar-refractivity contribution in [2.75, 3.05) is 12.0 Å². The van der Waals surface area contributed by atoms with Crippen molar-refractivity contribution >= 4 is 23.1 Å². The third-order valence-corrected chi connectivity index (χ3v) is 4.56. The molecule has 1 atom stereocenters. The topological polar surface area (TPSA) is 34.1 Å². The summed E-state index contributed by atoms with van der Waals surface area (Å²) < 4.78 is 18.6. The molecule has 27 heavy (non-hydrogen) atoms. The van der Waals surface area contributed by atoms with Gasteiger partial charge in [0.15, 0.2) is 5.84 Å². The molecule has 4 nitrogen and oxygen atoms in total. The van der Waals surface area contributed by atoms with E-state index < -0.39 is 6.23 Å². The molecule has 0 radical (unpaired) electrons. The molecule has 0 amide bonds. The zero-order chi connectivity index (χ0) is 18.8. The Kier molecular flexibility index (Phi) is 4.69. The summed E-state index contributed by atoms with van der Waals surface area (Å²) in [4.78, 5) is 7.70. The van der Waals surface area contributed by atoms with Crippen LogP contribution in [0.1, 0.15) is 17.4 Å². The number of nitrogens with zero attached hydrogens (tertiary/aromatic N) is 2. The van der Waals surface area contributed by atoms with Gasteiger partial charge in [-0.2, -0.15) is 0 Å². The molecule has 0 saturated carbocycles. The highest BCUT2D eigenvalue weighted by atomic mass is 35.5. The Balaban J connectivity index is 1.75. The van der Waals surface area contributed by atoms with Crippen LogP contribution in [-0.4, -0.2) is 12.9 Å². The van der Waals surface area contributed by atoms with Gasteiger partial charge in [-0.05, 0) is 72.8 Å². The highest BCUT2D eigenvalue weighted by Crippen LogP contribution is 2.36. The molecule has 0 aromatic heterocycles. The predicted molar refractivity (Wildman–Crippen MR) is 104 cm³/mol. The molecular formula is C21H16ClFN2O2. The molecule has 3 aromatic rings. The lowest BCUT2D eigenvalue weighted by molar-refractivity contribution is 0.0868. The van der Waals surface area contributed by atoms with Gasteiger partial charge in [-0.15, -0.1) is 0 Å². The van der Waals surface area contributed by atoms with Gasteiger partial charge in [-0.1, -0.05) is 16.8 Å².